The van der Waals surface area contributed by atoms with Crippen LogP contribution in [0.2, 0.25) is 0 Å². The van der Waals surface area contributed by atoms with Crippen molar-refractivity contribution in [1.29, 1.82) is 0 Å². The standard InChI is InChI=1S/C12H22N4O2S/c1-5-16-11(10(13)9(3)15-16)12(17)14-8(2)6-7-19(4)18/h8H,5-7,13H2,1-4H3,(H,14,17). The molecule has 0 spiro atoms. The average Bonchev–Trinajstić information content (AvgIpc) is 2.62. The number of aromatic nitrogens is 2. The van der Waals surface area contributed by atoms with Gasteiger partial charge in [0.25, 0.3) is 5.91 Å². The molecule has 1 rings (SSSR count). The van der Waals surface area contributed by atoms with E-state index in [0.717, 1.165) is 0 Å². The Kier molecular flexibility index (Phi) is 5.53. The molecule has 0 bridgehead atoms. The Balaban J connectivity index is 2.75. The zero-order valence-electron chi connectivity index (χ0n) is 11.9. The van der Waals surface area contributed by atoms with E-state index in [1.54, 1.807) is 17.9 Å². The van der Waals surface area contributed by atoms with Crippen LogP contribution in [0.4, 0.5) is 5.69 Å². The molecule has 7 heteroatoms. The molecule has 0 aliphatic carbocycles. The number of aryl methyl sites for hydroxylation is 2. The third-order valence-electron chi connectivity index (χ3n) is 2.90. The summed E-state index contributed by atoms with van der Waals surface area (Å²) < 4.78 is 12.6. The second kappa shape index (κ2) is 6.70. The number of amides is 1. The van der Waals surface area contributed by atoms with Gasteiger partial charge in [0, 0.05) is 35.4 Å². The average molecular weight is 286 g/mol. The third kappa shape index (κ3) is 4.05. The molecule has 0 aliphatic heterocycles. The van der Waals surface area contributed by atoms with Gasteiger partial charge < -0.3 is 11.1 Å². The highest BCUT2D eigenvalue weighted by molar-refractivity contribution is 7.84. The molecule has 1 amide bonds. The van der Waals surface area contributed by atoms with Crippen LogP contribution in [-0.2, 0) is 17.3 Å². The molecule has 0 aliphatic rings. The lowest BCUT2D eigenvalue weighted by Crippen LogP contribution is -2.35. The Morgan fingerprint density at radius 3 is 2.74 bits per heavy atom. The smallest absolute Gasteiger partial charge is 0.271 e. The SMILES string of the molecule is CCn1nc(C)c(N)c1C(=O)NC(C)CCS(C)=O. The van der Waals surface area contributed by atoms with Gasteiger partial charge in [0.1, 0.15) is 5.69 Å². The van der Waals surface area contributed by atoms with Crippen molar-refractivity contribution in [2.45, 2.75) is 39.8 Å². The Morgan fingerprint density at radius 2 is 2.21 bits per heavy atom. The second-order valence-electron chi connectivity index (χ2n) is 4.60. The summed E-state index contributed by atoms with van der Waals surface area (Å²) in [4.78, 5) is 12.2. The van der Waals surface area contributed by atoms with Gasteiger partial charge in [0.15, 0.2) is 0 Å². The molecule has 0 saturated carbocycles. The van der Waals surface area contributed by atoms with Gasteiger partial charge in [-0.2, -0.15) is 5.10 Å². The number of carbonyl (C=O) groups excluding carboxylic acids is 1. The molecule has 1 aromatic heterocycles. The summed E-state index contributed by atoms with van der Waals surface area (Å²) in [5, 5.41) is 7.08. The van der Waals surface area contributed by atoms with Crippen LogP contribution < -0.4 is 11.1 Å². The van der Waals surface area contributed by atoms with Crippen LogP contribution in [0.15, 0.2) is 0 Å². The summed E-state index contributed by atoms with van der Waals surface area (Å²) >= 11 is 0. The van der Waals surface area contributed by atoms with Crippen LogP contribution in [0.5, 0.6) is 0 Å². The van der Waals surface area contributed by atoms with Gasteiger partial charge in [0.2, 0.25) is 0 Å². The van der Waals surface area contributed by atoms with E-state index < -0.39 is 10.8 Å². The molecule has 0 saturated heterocycles. The van der Waals surface area contributed by atoms with Crippen molar-refractivity contribution < 1.29 is 9.00 Å². The molecule has 0 radical (unpaired) electrons. The molecule has 1 heterocycles. The van der Waals surface area contributed by atoms with Crippen molar-refractivity contribution in [3.63, 3.8) is 0 Å². The van der Waals surface area contributed by atoms with E-state index in [2.05, 4.69) is 10.4 Å². The number of nitrogen functional groups attached to an aromatic ring is 1. The van der Waals surface area contributed by atoms with Gasteiger partial charge in [0.05, 0.1) is 11.4 Å². The topological polar surface area (TPSA) is 90.0 Å². The minimum Gasteiger partial charge on any atom is -0.395 e. The summed E-state index contributed by atoms with van der Waals surface area (Å²) in [7, 11) is -0.845. The van der Waals surface area contributed by atoms with Gasteiger partial charge in [-0.25, -0.2) is 0 Å². The first-order valence-corrected chi connectivity index (χ1v) is 8.03. The molecule has 3 N–H and O–H groups in total. The van der Waals surface area contributed by atoms with E-state index in [1.165, 1.54) is 0 Å². The predicted molar refractivity (Wildman–Crippen MR) is 77.5 cm³/mol. The van der Waals surface area contributed by atoms with Gasteiger partial charge in [-0.3, -0.25) is 13.7 Å². The maximum atomic E-state index is 12.2. The van der Waals surface area contributed by atoms with Crippen molar-refractivity contribution in [2.75, 3.05) is 17.7 Å². The van der Waals surface area contributed by atoms with Gasteiger partial charge >= 0.3 is 0 Å². The molecule has 0 fully saturated rings. The van der Waals surface area contributed by atoms with E-state index in [4.69, 9.17) is 5.73 Å². The number of carbonyl (C=O) groups is 1. The van der Waals surface area contributed by atoms with Crippen molar-refractivity contribution in [1.82, 2.24) is 15.1 Å². The third-order valence-corrected chi connectivity index (χ3v) is 3.71. The van der Waals surface area contributed by atoms with Gasteiger partial charge in [-0.15, -0.1) is 0 Å². The first kappa shape index (κ1) is 15.7. The summed E-state index contributed by atoms with van der Waals surface area (Å²) in [5.74, 6) is 0.345. The zero-order valence-corrected chi connectivity index (χ0v) is 12.7. The summed E-state index contributed by atoms with van der Waals surface area (Å²) in [6.45, 7) is 6.17. The van der Waals surface area contributed by atoms with E-state index in [0.29, 0.717) is 35.8 Å². The number of nitrogens with one attached hydrogen (secondary N) is 1. The molecular weight excluding hydrogens is 264 g/mol. The highest BCUT2D eigenvalue weighted by Crippen LogP contribution is 2.16. The summed E-state index contributed by atoms with van der Waals surface area (Å²) in [6.07, 6.45) is 2.33. The Bertz CT molecular complexity index is 484. The number of rotatable bonds is 6. The van der Waals surface area contributed by atoms with Gasteiger partial charge in [-0.05, 0) is 27.2 Å². The quantitative estimate of drug-likeness (QED) is 0.804. The molecule has 0 aromatic carbocycles. The lowest BCUT2D eigenvalue weighted by atomic mass is 10.2. The normalized spacial score (nSPS) is 14.1. The maximum Gasteiger partial charge on any atom is 0.271 e. The number of hydrogen-bond acceptors (Lipinski definition) is 4. The fraction of sp³-hybridized carbons (Fsp3) is 0.667. The van der Waals surface area contributed by atoms with Crippen LogP contribution in [-0.4, -0.2) is 37.9 Å². The van der Waals surface area contributed by atoms with Crippen molar-refractivity contribution in [2.24, 2.45) is 0 Å². The molecule has 108 valence electrons. The molecular formula is C12H22N4O2S. The van der Waals surface area contributed by atoms with Crippen molar-refractivity contribution in [3.8, 4) is 0 Å². The minimum atomic E-state index is -0.845. The number of hydrogen-bond donors (Lipinski definition) is 2. The predicted octanol–water partition coefficient (Wildman–Crippen LogP) is 0.681. The van der Waals surface area contributed by atoms with Gasteiger partial charge in [-0.1, -0.05) is 0 Å². The molecule has 6 nitrogen and oxygen atoms in total. The molecule has 19 heavy (non-hydrogen) atoms. The number of nitrogens with zero attached hydrogens (tertiary/aromatic N) is 2. The van der Waals surface area contributed by atoms with E-state index in [1.807, 2.05) is 13.8 Å². The Hall–Kier alpha value is -1.37. The number of nitrogens with two attached hydrogens (primary N) is 1. The monoisotopic (exact) mass is 286 g/mol. The largest absolute Gasteiger partial charge is 0.395 e. The Labute approximate surface area is 116 Å². The molecule has 1 aromatic rings. The van der Waals surface area contributed by atoms with Crippen LogP contribution in [0.25, 0.3) is 0 Å². The highest BCUT2D eigenvalue weighted by atomic mass is 32.2. The lowest BCUT2D eigenvalue weighted by Gasteiger charge is -2.14. The minimum absolute atomic E-state index is 0.0451. The fourth-order valence-corrected chi connectivity index (χ4v) is 2.46. The summed E-state index contributed by atoms with van der Waals surface area (Å²) in [5.41, 5.74) is 7.38. The highest BCUT2D eigenvalue weighted by Gasteiger charge is 2.20. The fourth-order valence-electron chi connectivity index (χ4n) is 1.77. The van der Waals surface area contributed by atoms with Crippen molar-refractivity contribution >= 4 is 22.4 Å². The Morgan fingerprint density at radius 1 is 1.58 bits per heavy atom. The maximum absolute atomic E-state index is 12.2. The molecule has 2 atom stereocenters. The summed E-state index contributed by atoms with van der Waals surface area (Å²) in [6, 6.07) is -0.0451. The van der Waals surface area contributed by atoms with Crippen LogP contribution in [0.1, 0.15) is 36.5 Å². The zero-order chi connectivity index (χ0) is 14.6. The first-order chi connectivity index (χ1) is 8.86. The van der Waals surface area contributed by atoms with Crippen LogP contribution in [0, 0.1) is 6.92 Å². The van der Waals surface area contributed by atoms with E-state index >= 15 is 0 Å². The van der Waals surface area contributed by atoms with Crippen LogP contribution in [0.3, 0.4) is 0 Å². The van der Waals surface area contributed by atoms with E-state index in [9.17, 15) is 9.00 Å². The second-order valence-corrected chi connectivity index (χ2v) is 6.16. The number of anilines is 1. The van der Waals surface area contributed by atoms with Crippen molar-refractivity contribution in [3.05, 3.63) is 11.4 Å². The lowest BCUT2D eigenvalue weighted by molar-refractivity contribution is 0.0929. The van der Waals surface area contributed by atoms with E-state index in [-0.39, 0.29) is 11.9 Å². The molecule has 2 unspecified atom stereocenters. The van der Waals surface area contributed by atoms with Crippen LogP contribution >= 0.6 is 0 Å². The first-order valence-electron chi connectivity index (χ1n) is 6.30.